The number of hydrogen-bond donors (Lipinski definition) is 1. The zero-order valence-corrected chi connectivity index (χ0v) is 13.2. The highest BCUT2D eigenvalue weighted by Gasteiger charge is 2.30. The molecule has 112 valence electrons. The molecule has 0 radical (unpaired) electrons. The minimum Gasteiger partial charge on any atom is -0.496 e. The third-order valence-electron chi connectivity index (χ3n) is 4.62. The molecule has 1 fully saturated rings. The monoisotopic (exact) mass is 276 g/mol. The molecule has 0 aromatic heterocycles. The van der Waals surface area contributed by atoms with Crippen LogP contribution in [0.1, 0.15) is 50.3 Å². The van der Waals surface area contributed by atoms with Gasteiger partial charge in [-0.3, -0.25) is 4.90 Å². The van der Waals surface area contributed by atoms with Crippen LogP contribution in [0.3, 0.4) is 0 Å². The number of hydrogen-bond acceptors (Lipinski definition) is 3. The highest BCUT2D eigenvalue weighted by atomic mass is 16.5. The number of nitrogens with two attached hydrogens (primary N) is 1. The highest BCUT2D eigenvalue weighted by molar-refractivity contribution is 5.39. The van der Waals surface area contributed by atoms with Gasteiger partial charge >= 0.3 is 0 Å². The average molecular weight is 276 g/mol. The fourth-order valence-electron chi connectivity index (χ4n) is 3.36. The van der Waals surface area contributed by atoms with Crippen molar-refractivity contribution in [2.24, 2.45) is 5.73 Å². The average Bonchev–Trinajstić information content (AvgIpc) is 2.79. The third kappa shape index (κ3) is 3.15. The summed E-state index contributed by atoms with van der Waals surface area (Å²) in [6.45, 7) is 7.60. The van der Waals surface area contributed by atoms with Gasteiger partial charge in [0.25, 0.3) is 0 Å². The Balaban J connectivity index is 2.15. The van der Waals surface area contributed by atoms with Crippen LogP contribution in [-0.4, -0.2) is 30.6 Å². The fraction of sp³-hybridized carbons (Fsp3) is 0.647. The van der Waals surface area contributed by atoms with E-state index in [4.69, 9.17) is 10.5 Å². The van der Waals surface area contributed by atoms with Crippen LogP contribution in [0.5, 0.6) is 5.75 Å². The second-order valence-corrected chi connectivity index (χ2v) is 6.04. The molecule has 2 N–H and O–H groups in total. The van der Waals surface area contributed by atoms with Crippen molar-refractivity contribution < 1.29 is 4.74 Å². The van der Waals surface area contributed by atoms with Gasteiger partial charge in [0.2, 0.25) is 0 Å². The minimum absolute atomic E-state index is 0.0134. The first-order valence-corrected chi connectivity index (χ1v) is 7.72. The summed E-state index contributed by atoms with van der Waals surface area (Å²) >= 11 is 0. The SMILES string of the molecule is CCC1CCC(C)N1CC(N)c1cc(C)ccc1OC. The summed E-state index contributed by atoms with van der Waals surface area (Å²) in [7, 11) is 1.72. The second kappa shape index (κ2) is 6.59. The first-order chi connectivity index (χ1) is 9.56. The van der Waals surface area contributed by atoms with Crippen LogP contribution in [0.4, 0.5) is 0 Å². The highest BCUT2D eigenvalue weighted by Crippen LogP contribution is 2.31. The lowest BCUT2D eigenvalue weighted by molar-refractivity contribution is 0.186. The van der Waals surface area contributed by atoms with Crippen molar-refractivity contribution in [3.8, 4) is 5.75 Å². The number of rotatable bonds is 5. The molecule has 2 rings (SSSR count). The molecule has 1 heterocycles. The Kier molecular flexibility index (Phi) is 5.06. The molecule has 20 heavy (non-hydrogen) atoms. The predicted molar refractivity (Wildman–Crippen MR) is 84.1 cm³/mol. The Bertz CT molecular complexity index is 447. The smallest absolute Gasteiger partial charge is 0.123 e. The maximum absolute atomic E-state index is 6.48. The summed E-state index contributed by atoms with van der Waals surface area (Å²) in [5.74, 6) is 0.906. The molecule has 3 atom stereocenters. The van der Waals surface area contributed by atoms with Crippen LogP contribution < -0.4 is 10.5 Å². The maximum atomic E-state index is 6.48. The largest absolute Gasteiger partial charge is 0.496 e. The van der Waals surface area contributed by atoms with Crippen molar-refractivity contribution in [3.05, 3.63) is 29.3 Å². The summed E-state index contributed by atoms with van der Waals surface area (Å²) in [4.78, 5) is 2.58. The van der Waals surface area contributed by atoms with Crippen molar-refractivity contribution in [1.29, 1.82) is 0 Å². The lowest BCUT2D eigenvalue weighted by atomic mass is 10.0. The number of nitrogens with zero attached hydrogens (tertiary/aromatic N) is 1. The van der Waals surface area contributed by atoms with E-state index in [2.05, 4.69) is 37.8 Å². The van der Waals surface area contributed by atoms with E-state index in [0.717, 1.165) is 17.9 Å². The Labute approximate surface area is 123 Å². The second-order valence-electron chi connectivity index (χ2n) is 6.04. The molecule has 3 unspecified atom stereocenters. The van der Waals surface area contributed by atoms with E-state index in [-0.39, 0.29) is 6.04 Å². The molecule has 0 spiro atoms. The van der Waals surface area contributed by atoms with Crippen LogP contribution in [0, 0.1) is 6.92 Å². The fourth-order valence-corrected chi connectivity index (χ4v) is 3.36. The molecule has 1 saturated heterocycles. The van der Waals surface area contributed by atoms with E-state index in [9.17, 15) is 0 Å². The van der Waals surface area contributed by atoms with E-state index in [1.165, 1.54) is 24.8 Å². The van der Waals surface area contributed by atoms with Gasteiger partial charge in [0.15, 0.2) is 0 Å². The van der Waals surface area contributed by atoms with Crippen molar-refractivity contribution in [2.75, 3.05) is 13.7 Å². The number of aryl methyl sites for hydroxylation is 1. The van der Waals surface area contributed by atoms with Gasteiger partial charge in [0.1, 0.15) is 5.75 Å². The Morgan fingerprint density at radius 1 is 1.40 bits per heavy atom. The van der Waals surface area contributed by atoms with Gasteiger partial charge in [-0.1, -0.05) is 24.6 Å². The summed E-state index contributed by atoms with van der Waals surface area (Å²) in [6.07, 6.45) is 3.80. The standard InChI is InChI=1S/C17H28N2O/c1-5-14-8-7-13(3)19(14)11-16(18)15-10-12(2)6-9-17(15)20-4/h6,9-10,13-14,16H,5,7-8,11,18H2,1-4H3. The molecule has 1 aliphatic rings. The van der Waals surface area contributed by atoms with E-state index >= 15 is 0 Å². The normalized spacial score (nSPS) is 24.9. The van der Waals surface area contributed by atoms with E-state index in [1.807, 2.05) is 6.07 Å². The number of methoxy groups -OCH3 is 1. The molecule has 3 heteroatoms. The van der Waals surface area contributed by atoms with Crippen molar-refractivity contribution in [1.82, 2.24) is 4.90 Å². The quantitative estimate of drug-likeness (QED) is 0.897. The summed E-state index contributed by atoms with van der Waals surface area (Å²) in [5.41, 5.74) is 8.84. The summed E-state index contributed by atoms with van der Waals surface area (Å²) in [5, 5.41) is 0. The van der Waals surface area contributed by atoms with Gasteiger partial charge in [0, 0.05) is 30.2 Å². The molecule has 0 bridgehead atoms. The van der Waals surface area contributed by atoms with Gasteiger partial charge in [-0.15, -0.1) is 0 Å². The van der Waals surface area contributed by atoms with Gasteiger partial charge in [-0.25, -0.2) is 0 Å². The molecule has 0 aliphatic carbocycles. The van der Waals surface area contributed by atoms with Gasteiger partial charge in [-0.2, -0.15) is 0 Å². The molecular weight excluding hydrogens is 248 g/mol. The maximum Gasteiger partial charge on any atom is 0.123 e. The third-order valence-corrected chi connectivity index (χ3v) is 4.62. The van der Waals surface area contributed by atoms with E-state index in [1.54, 1.807) is 7.11 Å². The minimum atomic E-state index is 0.0134. The Morgan fingerprint density at radius 3 is 2.80 bits per heavy atom. The molecule has 0 saturated carbocycles. The molecule has 3 nitrogen and oxygen atoms in total. The van der Waals surface area contributed by atoms with Gasteiger partial charge in [-0.05, 0) is 39.2 Å². The topological polar surface area (TPSA) is 38.5 Å². The molecule has 1 aromatic rings. The van der Waals surface area contributed by atoms with Crippen molar-refractivity contribution in [3.63, 3.8) is 0 Å². The predicted octanol–water partition coefficient (Wildman–Crippen LogP) is 3.27. The number of ether oxygens (including phenoxy) is 1. The Hall–Kier alpha value is -1.06. The van der Waals surface area contributed by atoms with Crippen molar-refractivity contribution >= 4 is 0 Å². The lowest BCUT2D eigenvalue weighted by Gasteiger charge is -2.31. The van der Waals surface area contributed by atoms with Crippen LogP contribution in [0.15, 0.2) is 18.2 Å². The van der Waals surface area contributed by atoms with E-state index < -0.39 is 0 Å². The lowest BCUT2D eigenvalue weighted by Crippen LogP contribution is -2.39. The summed E-state index contributed by atoms with van der Waals surface area (Å²) < 4.78 is 5.47. The number of likely N-dealkylation sites (tertiary alicyclic amines) is 1. The van der Waals surface area contributed by atoms with Crippen LogP contribution >= 0.6 is 0 Å². The molecule has 1 aromatic carbocycles. The van der Waals surface area contributed by atoms with Crippen LogP contribution in [-0.2, 0) is 0 Å². The molecular formula is C17H28N2O. The molecule has 0 amide bonds. The van der Waals surface area contributed by atoms with E-state index in [0.29, 0.717) is 12.1 Å². The zero-order chi connectivity index (χ0) is 14.7. The van der Waals surface area contributed by atoms with Gasteiger partial charge < -0.3 is 10.5 Å². The summed E-state index contributed by atoms with van der Waals surface area (Å²) in [6, 6.07) is 7.59. The van der Waals surface area contributed by atoms with Crippen LogP contribution in [0.2, 0.25) is 0 Å². The van der Waals surface area contributed by atoms with Crippen LogP contribution in [0.25, 0.3) is 0 Å². The Morgan fingerprint density at radius 2 is 2.15 bits per heavy atom. The van der Waals surface area contributed by atoms with Gasteiger partial charge in [0.05, 0.1) is 7.11 Å². The first-order valence-electron chi connectivity index (χ1n) is 7.72. The zero-order valence-electron chi connectivity index (χ0n) is 13.2. The van der Waals surface area contributed by atoms with Crippen molar-refractivity contribution in [2.45, 2.75) is 58.2 Å². The first kappa shape index (κ1) is 15.3. The molecule has 1 aliphatic heterocycles. The number of benzene rings is 1.